The Morgan fingerprint density at radius 3 is 2.15 bits per heavy atom. The minimum atomic E-state index is -0.306. The lowest BCUT2D eigenvalue weighted by Gasteiger charge is -2.19. The number of carbonyl (C=O) groups is 2. The van der Waals surface area contributed by atoms with E-state index in [1.165, 1.54) is 10.5 Å². The van der Waals surface area contributed by atoms with Gasteiger partial charge in [-0.2, -0.15) is 0 Å². The minimum absolute atomic E-state index is 0.225. The Balaban J connectivity index is 2.09. The number of aryl methyl sites for hydroxylation is 2. The highest BCUT2D eigenvalue weighted by molar-refractivity contribution is 6.36. The molecule has 2 amide bonds. The van der Waals surface area contributed by atoms with Crippen molar-refractivity contribution in [2.24, 2.45) is 0 Å². The molecule has 0 radical (unpaired) electrons. The van der Waals surface area contributed by atoms with Crippen LogP contribution in [0.1, 0.15) is 30.5 Å². The van der Waals surface area contributed by atoms with Crippen molar-refractivity contribution in [3.8, 4) is 5.75 Å². The molecule has 1 heterocycles. The first kappa shape index (κ1) is 18.7. The van der Waals surface area contributed by atoms with Crippen LogP contribution in [-0.2, 0) is 9.59 Å². The van der Waals surface area contributed by atoms with E-state index in [4.69, 9.17) is 4.74 Å². The summed E-state index contributed by atoms with van der Waals surface area (Å²) in [5.74, 6) is 0.103. The third kappa shape index (κ3) is 3.45. The number of carbonyl (C=O) groups excluding carboxylic acids is 2. The molecule has 0 spiro atoms. The second kappa shape index (κ2) is 7.27. The number of methoxy groups -OCH3 is 1. The van der Waals surface area contributed by atoms with Crippen LogP contribution in [0.4, 0.5) is 5.69 Å². The Hall–Kier alpha value is -3.08. The molecule has 0 aromatic heterocycles. The molecule has 5 heteroatoms. The van der Waals surface area contributed by atoms with E-state index in [9.17, 15) is 9.59 Å². The summed E-state index contributed by atoms with van der Waals surface area (Å²) >= 11 is 0. The van der Waals surface area contributed by atoms with E-state index in [-0.39, 0.29) is 17.9 Å². The zero-order chi connectivity index (χ0) is 19.7. The van der Waals surface area contributed by atoms with Crippen LogP contribution in [0.3, 0.4) is 0 Å². The molecule has 0 saturated heterocycles. The Labute approximate surface area is 159 Å². The number of ether oxygens (including phenoxy) is 1. The molecule has 5 nitrogen and oxygen atoms in total. The van der Waals surface area contributed by atoms with Gasteiger partial charge in [0.15, 0.2) is 0 Å². The van der Waals surface area contributed by atoms with Crippen molar-refractivity contribution in [3.63, 3.8) is 0 Å². The van der Waals surface area contributed by atoms with Crippen molar-refractivity contribution >= 4 is 23.1 Å². The van der Waals surface area contributed by atoms with Crippen LogP contribution in [0.15, 0.2) is 48.2 Å². The third-order valence-corrected chi connectivity index (χ3v) is 4.79. The molecule has 0 fully saturated rings. The molecule has 1 N–H and O–H groups in total. The molecule has 3 rings (SSSR count). The van der Waals surface area contributed by atoms with Crippen LogP contribution in [0, 0.1) is 13.8 Å². The maximum Gasteiger partial charge on any atom is 0.278 e. The first-order valence-electron chi connectivity index (χ1n) is 8.94. The number of anilines is 1. The highest BCUT2D eigenvalue weighted by Crippen LogP contribution is 2.32. The fourth-order valence-electron chi connectivity index (χ4n) is 3.12. The lowest BCUT2D eigenvalue weighted by molar-refractivity contribution is -0.138. The molecule has 2 aromatic rings. The Morgan fingerprint density at radius 2 is 1.59 bits per heavy atom. The van der Waals surface area contributed by atoms with E-state index in [1.807, 2.05) is 45.9 Å². The summed E-state index contributed by atoms with van der Waals surface area (Å²) in [7, 11) is 1.59. The summed E-state index contributed by atoms with van der Waals surface area (Å²) in [6.45, 7) is 7.72. The van der Waals surface area contributed by atoms with E-state index in [0.29, 0.717) is 22.6 Å². The quantitative estimate of drug-likeness (QED) is 0.817. The highest BCUT2D eigenvalue weighted by atomic mass is 16.5. The first-order chi connectivity index (χ1) is 12.8. The monoisotopic (exact) mass is 364 g/mol. The van der Waals surface area contributed by atoms with Crippen molar-refractivity contribution in [2.45, 2.75) is 33.7 Å². The van der Waals surface area contributed by atoms with E-state index in [2.05, 4.69) is 5.32 Å². The second-order valence-corrected chi connectivity index (χ2v) is 6.98. The topological polar surface area (TPSA) is 58.6 Å². The summed E-state index contributed by atoms with van der Waals surface area (Å²) in [6, 6.07) is 12.8. The smallest absolute Gasteiger partial charge is 0.278 e. The van der Waals surface area contributed by atoms with Crippen molar-refractivity contribution in [3.05, 3.63) is 64.9 Å². The molecule has 0 unspecified atom stereocenters. The molecule has 0 bridgehead atoms. The van der Waals surface area contributed by atoms with E-state index < -0.39 is 0 Å². The molecule has 27 heavy (non-hydrogen) atoms. The van der Waals surface area contributed by atoms with Gasteiger partial charge in [0.25, 0.3) is 11.8 Å². The number of hydrogen-bond donors (Lipinski definition) is 1. The maximum atomic E-state index is 13.0. The standard InChI is InChI=1S/C22H24N2O3/c1-13(2)24-21(25)19(16-7-10-18(27-5)11-8-16)20(22(24)26)23-17-9-6-14(3)15(4)12-17/h6-13,23H,1-5H3. The van der Waals surface area contributed by atoms with Gasteiger partial charge in [0.2, 0.25) is 0 Å². The lowest BCUT2D eigenvalue weighted by atomic mass is 10.0. The number of nitrogens with one attached hydrogen (secondary N) is 1. The molecule has 1 aliphatic rings. The van der Waals surface area contributed by atoms with Gasteiger partial charge in [-0.25, -0.2) is 0 Å². The average Bonchev–Trinajstić information content (AvgIpc) is 2.88. The van der Waals surface area contributed by atoms with Crippen molar-refractivity contribution in [1.29, 1.82) is 0 Å². The summed E-state index contributed by atoms with van der Waals surface area (Å²) in [6.07, 6.45) is 0. The molecule has 0 atom stereocenters. The Bertz CT molecular complexity index is 927. The van der Waals surface area contributed by atoms with Crippen LogP contribution < -0.4 is 10.1 Å². The van der Waals surface area contributed by atoms with E-state index in [1.54, 1.807) is 31.4 Å². The van der Waals surface area contributed by atoms with Gasteiger partial charge in [0.05, 0.1) is 12.7 Å². The fraction of sp³-hybridized carbons (Fsp3) is 0.273. The second-order valence-electron chi connectivity index (χ2n) is 6.98. The maximum absolute atomic E-state index is 13.0. The predicted octanol–water partition coefficient (Wildman–Crippen LogP) is 3.91. The van der Waals surface area contributed by atoms with Crippen LogP contribution in [0.5, 0.6) is 5.75 Å². The third-order valence-electron chi connectivity index (χ3n) is 4.79. The largest absolute Gasteiger partial charge is 0.497 e. The molecule has 140 valence electrons. The van der Waals surface area contributed by atoms with Gasteiger partial charge in [-0.05, 0) is 68.7 Å². The summed E-state index contributed by atoms with van der Waals surface area (Å²) in [5, 5.41) is 3.19. The average molecular weight is 364 g/mol. The van der Waals surface area contributed by atoms with Gasteiger partial charge in [-0.1, -0.05) is 18.2 Å². The Kier molecular flexibility index (Phi) is 5.04. The molecule has 2 aromatic carbocycles. The van der Waals surface area contributed by atoms with Gasteiger partial charge in [-0.3, -0.25) is 14.5 Å². The molecular weight excluding hydrogens is 340 g/mol. The number of benzene rings is 2. The van der Waals surface area contributed by atoms with Gasteiger partial charge in [0.1, 0.15) is 11.4 Å². The van der Waals surface area contributed by atoms with Crippen LogP contribution >= 0.6 is 0 Å². The van der Waals surface area contributed by atoms with Crippen molar-refractivity contribution in [2.75, 3.05) is 12.4 Å². The SMILES string of the molecule is COc1ccc(C2=C(Nc3ccc(C)c(C)c3)C(=O)N(C(C)C)C2=O)cc1. The van der Waals surface area contributed by atoms with Crippen LogP contribution in [0.25, 0.3) is 5.57 Å². The van der Waals surface area contributed by atoms with Crippen LogP contribution in [-0.4, -0.2) is 29.9 Å². The van der Waals surface area contributed by atoms with Gasteiger partial charge < -0.3 is 10.1 Å². The Morgan fingerprint density at radius 1 is 0.926 bits per heavy atom. The van der Waals surface area contributed by atoms with Gasteiger partial charge in [-0.15, -0.1) is 0 Å². The fourth-order valence-corrected chi connectivity index (χ4v) is 3.12. The normalized spacial score (nSPS) is 14.4. The van der Waals surface area contributed by atoms with Crippen molar-refractivity contribution < 1.29 is 14.3 Å². The molecule has 1 aliphatic heterocycles. The number of hydrogen-bond acceptors (Lipinski definition) is 4. The van der Waals surface area contributed by atoms with E-state index >= 15 is 0 Å². The summed E-state index contributed by atoms with van der Waals surface area (Å²) < 4.78 is 5.19. The number of nitrogens with zero attached hydrogens (tertiary/aromatic N) is 1. The zero-order valence-electron chi connectivity index (χ0n) is 16.3. The van der Waals surface area contributed by atoms with Crippen molar-refractivity contribution in [1.82, 2.24) is 4.90 Å². The minimum Gasteiger partial charge on any atom is -0.497 e. The number of rotatable bonds is 5. The van der Waals surface area contributed by atoms with Gasteiger partial charge in [0, 0.05) is 11.7 Å². The van der Waals surface area contributed by atoms with Gasteiger partial charge >= 0.3 is 0 Å². The summed E-state index contributed by atoms with van der Waals surface area (Å²) in [4.78, 5) is 27.3. The molecule has 0 aliphatic carbocycles. The molecule has 0 saturated carbocycles. The number of amides is 2. The summed E-state index contributed by atoms with van der Waals surface area (Å²) in [5.41, 5.74) is 4.44. The molecular formula is C22H24N2O3. The predicted molar refractivity (Wildman–Crippen MR) is 106 cm³/mol. The van der Waals surface area contributed by atoms with Crippen LogP contribution in [0.2, 0.25) is 0 Å². The van der Waals surface area contributed by atoms with E-state index in [0.717, 1.165) is 11.3 Å². The zero-order valence-corrected chi connectivity index (χ0v) is 16.3. The first-order valence-corrected chi connectivity index (χ1v) is 8.94. The number of imide groups is 1. The highest BCUT2D eigenvalue weighted by Gasteiger charge is 2.40. The lowest BCUT2D eigenvalue weighted by Crippen LogP contribution is -2.38.